The lowest BCUT2D eigenvalue weighted by Crippen LogP contribution is -2.47. The van der Waals surface area contributed by atoms with Gasteiger partial charge in [-0.25, -0.2) is 0 Å². The number of Topliss-reactive ketones (excluding diaryl/α,β-unsaturated/α-hetero) is 1. The van der Waals surface area contributed by atoms with Gasteiger partial charge >= 0.3 is 0 Å². The number of rotatable bonds is 4. The molecule has 144 valence electrons. The molecule has 0 radical (unpaired) electrons. The fraction of sp³-hybridized carbons (Fsp3) is 0.364. The standard InChI is InChI=1S/C22H24N4O2/c1-20(2)21(3)11-12-22(20,19(28)24-15-9-13-23-14-10-15)18(27)17(21)26-25-16-7-5-4-6-8-16/h4-10,13-14,25H,11-12H2,1-3H3,(H,23,24,28). The maximum absolute atomic E-state index is 13.5. The highest BCUT2D eigenvalue weighted by Gasteiger charge is 2.76. The van der Waals surface area contributed by atoms with Gasteiger partial charge in [0.05, 0.1) is 5.69 Å². The molecule has 2 saturated carbocycles. The van der Waals surface area contributed by atoms with Gasteiger partial charge in [0.15, 0.2) is 5.78 Å². The lowest BCUT2D eigenvalue weighted by atomic mass is 9.64. The number of carbonyl (C=O) groups is 2. The number of benzene rings is 1. The molecule has 2 aliphatic carbocycles. The minimum absolute atomic E-state index is 0.179. The fourth-order valence-corrected chi connectivity index (χ4v) is 4.78. The maximum Gasteiger partial charge on any atom is 0.239 e. The molecule has 2 unspecified atom stereocenters. The van der Waals surface area contributed by atoms with Gasteiger partial charge in [-0.05, 0) is 42.5 Å². The molecule has 0 spiro atoms. The topological polar surface area (TPSA) is 83.5 Å². The third-order valence-electron chi connectivity index (χ3n) is 6.97. The Kier molecular flexibility index (Phi) is 4.10. The van der Waals surface area contributed by atoms with Crippen molar-refractivity contribution in [2.75, 3.05) is 10.7 Å². The Hall–Kier alpha value is -3.02. The van der Waals surface area contributed by atoms with Crippen molar-refractivity contribution in [3.63, 3.8) is 0 Å². The van der Waals surface area contributed by atoms with Crippen LogP contribution >= 0.6 is 0 Å². The lowest BCUT2D eigenvalue weighted by Gasteiger charge is -2.37. The summed E-state index contributed by atoms with van der Waals surface area (Å²) in [5.41, 5.74) is 2.76. The Morgan fingerprint density at radius 1 is 1.00 bits per heavy atom. The van der Waals surface area contributed by atoms with E-state index in [0.29, 0.717) is 17.8 Å². The van der Waals surface area contributed by atoms with Gasteiger partial charge < -0.3 is 5.32 Å². The molecule has 2 atom stereocenters. The smallest absolute Gasteiger partial charge is 0.239 e. The van der Waals surface area contributed by atoms with Crippen molar-refractivity contribution >= 4 is 28.8 Å². The SMILES string of the molecule is CC12CCC(C(=O)Nc3ccncc3)(C(=O)C1=NNc1ccccc1)C2(C)C. The zero-order valence-electron chi connectivity index (χ0n) is 16.3. The van der Waals surface area contributed by atoms with Gasteiger partial charge in [-0.15, -0.1) is 0 Å². The number of aromatic nitrogens is 1. The third-order valence-corrected chi connectivity index (χ3v) is 6.97. The van der Waals surface area contributed by atoms with Crippen LogP contribution in [0.4, 0.5) is 11.4 Å². The number of nitrogens with zero attached hydrogens (tertiary/aromatic N) is 2. The minimum atomic E-state index is -1.12. The molecule has 1 aromatic carbocycles. The molecule has 4 rings (SSSR count). The quantitative estimate of drug-likeness (QED) is 0.626. The van der Waals surface area contributed by atoms with Crippen molar-refractivity contribution < 1.29 is 9.59 Å². The van der Waals surface area contributed by atoms with Crippen molar-refractivity contribution in [3.05, 3.63) is 54.9 Å². The number of ketones is 1. The van der Waals surface area contributed by atoms with Gasteiger partial charge in [0.2, 0.25) is 5.91 Å². The molecule has 0 aliphatic heterocycles. The number of amides is 1. The number of pyridine rings is 1. The molecule has 6 nitrogen and oxygen atoms in total. The molecule has 28 heavy (non-hydrogen) atoms. The molecule has 6 heteroatoms. The van der Waals surface area contributed by atoms with E-state index in [1.807, 2.05) is 51.1 Å². The minimum Gasteiger partial charge on any atom is -0.325 e. The number of hydrazone groups is 1. The van der Waals surface area contributed by atoms with E-state index in [1.165, 1.54) is 0 Å². The van der Waals surface area contributed by atoms with Crippen LogP contribution < -0.4 is 10.7 Å². The first-order chi connectivity index (χ1) is 13.3. The summed E-state index contributed by atoms with van der Waals surface area (Å²) in [5.74, 6) is -0.441. The fourth-order valence-electron chi connectivity index (χ4n) is 4.78. The number of anilines is 2. The summed E-state index contributed by atoms with van der Waals surface area (Å²) in [6, 6.07) is 13.0. The van der Waals surface area contributed by atoms with Crippen LogP contribution in [0.5, 0.6) is 0 Å². The molecule has 2 aromatic rings. The Balaban J connectivity index is 1.70. The maximum atomic E-state index is 13.5. The van der Waals surface area contributed by atoms with E-state index in [9.17, 15) is 9.59 Å². The Morgan fingerprint density at radius 3 is 2.36 bits per heavy atom. The lowest BCUT2D eigenvalue weighted by molar-refractivity contribution is -0.139. The van der Waals surface area contributed by atoms with Gasteiger partial charge in [-0.2, -0.15) is 5.10 Å². The summed E-state index contributed by atoms with van der Waals surface area (Å²) in [6.07, 6.45) is 4.50. The van der Waals surface area contributed by atoms with Crippen LogP contribution in [-0.2, 0) is 9.59 Å². The van der Waals surface area contributed by atoms with Crippen LogP contribution in [0.2, 0.25) is 0 Å². The van der Waals surface area contributed by atoms with Crippen LogP contribution in [0.1, 0.15) is 33.6 Å². The monoisotopic (exact) mass is 376 g/mol. The van der Waals surface area contributed by atoms with E-state index < -0.39 is 16.2 Å². The number of hydrogen-bond donors (Lipinski definition) is 2. The third kappa shape index (κ3) is 2.33. The molecule has 2 N–H and O–H groups in total. The van der Waals surface area contributed by atoms with Crippen molar-refractivity contribution in [2.24, 2.45) is 21.3 Å². The normalized spacial score (nSPS) is 29.1. The predicted octanol–water partition coefficient (Wildman–Crippen LogP) is 3.88. The average molecular weight is 376 g/mol. The largest absolute Gasteiger partial charge is 0.325 e. The molecule has 2 fully saturated rings. The van der Waals surface area contributed by atoms with E-state index in [-0.39, 0.29) is 11.7 Å². The van der Waals surface area contributed by atoms with Crippen LogP contribution in [-0.4, -0.2) is 22.4 Å². The van der Waals surface area contributed by atoms with E-state index in [0.717, 1.165) is 12.1 Å². The van der Waals surface area contributed by atoms with Crippen molar-refractivity contribution in [1.82, 2.24) is 4.98 Å². The van der Waals surface area contributed by atoms with Crippen molar-refractivity contribution in [3.8, 4) is 0 Å². The summed E-state index contributed by atoms with van der Waals surface area (Å²) < 4.78 is 0. The zero-order valence-corrected chi connectivity index (χ0v) is 16.3. The van der Waals surface area contributed by atoms with Gasteiger partial charge in [0.25, 0.3) is 0 Å². The second kappa shape index (κ2) is 6.26. The number of fused-ring (bicyclic) bond motifs is 2. The van der Waals surface area contributed by atoms with Gasteiger partial charge in [0.1, 0.15) is 11.1 Å². The number of nitrogens with one attached hydrogen (secondary N) is 2. The summed E-state index contributed by atoms with van der Waals surface area (Å²) in [4.78, 5) is 30.8. The van der Waals surface area contributed by atoms with E-state index in [4.69, 9.17) is 0 Å². The van der Waals surface area contributed by atoms with Gasteiger partial charge in [-0.1, -0.05) is 39.0 Å². The van der Waals surface area contributed by atoms with Crippen LogP contribution in [0.15, 0.2) is 60.0 Å². The molecule has 1 amide bonds. The second-order valence-electron chi connectivity index (χ2n) is 8.32. The number of carbonyl (C=O) groups excluding carboxylic acids is 2. The Bertz CT molecular complexity index is 955. The molecular formula is C22H24N4O2. The van der Waals surface area contributed by atoms with Crippen LogP contribution in [0, 0.1) is 16.2 Å². The first kappa shape index (κ1) is 18.3. The van der Waals surface area contributed by atoms with E-state index >= 15 is 0 Å². The molecule has 1 aromatic heterocycles. The van der Waals surface area contributed by atoms with Crippen LogP contribution in [0.25, 0.3) is 0 Å². The zero-order chi connectivity index (χ0) is 20.0. The number of para-hydroxylation sites is 1. The van der Waals surface area contributed by atoms with Crippen molar-refractivity contribution in [2.45, 2.75) is 33.6 Å². The predicted molar refractivity (Wildman–Crippen MR) is 109 cm³/mol. The Morgan fingerprint density at radius 2 is 1.68 bits per heavy atom. The molecule has 1 heterocycles. The number of hydrogen-bond acceptors (Lipinski definition) is 5. The molecule has 2 bridgehead atoms. The molecular weight excluding hydrogens is 352 g/mol. The first-order valence-electron chi connectivity index (χ1n) is 9.48. The molecule has 0 saturated heterocycles. The first-order valence-corrected chi connectivity index (χ1v) is 9.48. The highest BCUT2D eigenvalue weighted by molar-refractivity contribution is 6.51. The second-order valence-corrected chi connectivity index (χ2v) is 8.32. The van der Waals surface area contributed by atoms with Gasteiger partial charge in [0, 0.05) is 23.5 Å². The highest BCUT2D eigenvalue weighted by Crippen LogP contribution is 2.69. The van der Waals surface area contributed by atoms with E-state index in [2.05, 4.69) is 20.8 Å². The summed E-state index contributed by atoms with van der Waals surface area (Å²) >= 11 is 0. The Labute approximate surface area is 164 Å². The van der Waals surface area contributed by atoms with Gasteiger partial charge in [-0.3, -0.25) is 20.0 Å². The highest BCUT2D eigenvalue weighted by atomic mass is 16.2. The van der Waals surface area contributed by atoms with Crippen LogP contribution in [0.3, 0.4) is 0 Å². The van der Waals surface area contributed by atoms with E-state index in [1.54, 1.807) is 24.5 Å². The molecule has 2 aliphatic rings. The summed E-state index contributed by atoms with van der Waals surface area (Å²) in [7, 11) is 0. The summed E-state index contributed by atoms with van der Waals surface area (Å²) in [5, 5.41) is 7.41. The van der Waals surface area contributed by atoms with Crippen molar-refractivity contribution in [1.29, 1.82) is 0 Å². The summed E-state index contributed by atoms with van der Waals surface area (Å²) in [6.45, 7) is 6.06. The average Bonchev–Trinajstić information content (AvgIpc) is 2.97.